The summed E-state index contributed by atoms with van der Waals surface area (Å²) in [7, 11) is 1.72. The quantitative estimate of drug-likeness (QED) is 0.804. The molecule has 1 aliphatic heterocycles. The Labute approximate surface area is 144 Å². The molecule has 4 heteroatoms. The Morgan fingerprint density at radius 2 is 1.92 bits per heavy atom. The molecule has 2 aromatic rings. The summed E-state index contributed by atoms with van der Waals surface area (Å²) in [5.41, 5.74) is 3.10. The van der Waals surface area contributed by atoms with Gasteiger partial charge in [0.05, 0.1) is 7.11 Å². The van der Waals surface area contributed by atoms with E-state index in [0.717, 1.165) is 12.3 Å². The molecule has 0 amide bonds. The van der Waals surface area contributed by atoms with Gasteiger partial charge in [0, 0.05) is 29.2 Å². The Kier molecular flexibility index (Phi) is 4.51. The van der Waals surface area contributed by atoms with Gasteiger partial charge in [-0.05, 0) is 81.3 Å². The van der Waals surface area contributed by atoms with E-state index in [9.17, 15) is 0 Å². The van der Waals surface area contributed by atoms with Crippen molar-refractivity contribution in [2.24, 2.45) is 5.41 Å². The van der Waals surface area contributed by atoms with Crippen LogP contribution in [0.5, 0.6) is 5.75 Å². The van der Waals surface area contributed by atoms with Gasteiger partial charge in [-0.1, -0.05) is 0 Å². The van der Waals surface area contributed by atoms with E-state index in [1.807, 2.05) is 6.07 Å². The largest absolute Gasteiger partial charge is 0.497 e. The van der Waals surface area contributed by atoms with Crippen LogP contribution in [-0.4, -0.2) is 31.2 Å². The van der Waals surface area contributed by atoms with Crippen LogP contribution in [0.15, 0.2) is 24.3 Å². The number of nitrogens with one attached hydrogen (secondary N) is 3. The molecule has 1 aromatic carbocycles. The molecule has 0 radical (unpaired) electrons. The van der Waals surface area contributed by atoms with E-state index in [1.54, 1.807) is 7.11 Å². The molecular formula is C20H29N3O. The Morgan fingerprint density at radius 1 is 1.12 bits per heavy atom. The maximum Gasteiger partial charge on any atom is 0.119 e. The zero-order valence-corrected chi connectivity index (χ0v) is 14.7. The number of hydrogen-bond acceptors (Lipinski definition) is 3. The summed E-state index contributed by atoms with van der Waals surface area (Å²) in [5, 5.41) is 8.50. The summed E-state index contributed by atoms with van der Waals surface area (Å²) < 4.78 is 5.31. The number of aromatic nitrogens is 1. The Bertz CT molecular complexity index is 677. The minimum absolute atomic E-state index is 0.654. The molecule has 0 bridgehead atoms. The smallest absolute Gasteiger partial charge is 0.119 e. The number of hydrogen-bond donors (Lipinski definition) is 3. The Morgan fingerprint density at radius 3 is 2.67 bits per heavy atom. The monoisotopic (exact) mass is 327 g/mol. The van der Waals surface area contributed by atoms with Gasteiger partial charge in [-0.2, -0.15) is 0 Å². The van der Waals surface area contributed by atoms with Crippen LogP contribution in [0, 0.1) is 5.41 Å². The van der Waals surface area contributed by atoms with Crippen LogP contribution >= 0.6 is 0 Å². The molecule has 2 fully saturated rings. The molecule has 1 spiro atoms. The summed E-state index contributed by atoms with van der Waals surface area (Å²) >= 11 is 0. The lowest BCUT2D eigenvalue weighted by Gasteiger charge is -2.43. The number of fused-ring (bicyclic) bond motifs is 1. The molecule has 4 rings (SSSR count). The molecule has 0 atom stereocenters. The second-order valence-corrected chi connectivity index (χ2v) is 7.65. The first-order chi connectivity index (χ1) is 11.8. The lowest BCUT2D eigenvalue weighted by Crippen LogP contribution is -2.43. The normalized spacial score (nSPS) is 21.4. The predicted octanol–water partition coefficient (Wildman–Crippen LogP) is 3.58. The molecule has 24 heavy (non-hydrogen) atoms. The molecule has 1 saturated heterocycles. The van der Waals surface area contributed by atoms with Gasteiger partial charge in [0.1, 0.15) is 5.75 Å². The topological polar surface area (TPSA) is 49.1 Å². The van der Waals surface area contributed by atoms with Crippen LogP contribution in [-0.2, 0) is 6.54 Å². The van der Waals surface area contributed by atoms with Crippen LogP contribution < -0.4 is 15.4 Å². The number of piperidine rings is 1. The van der Waals surface area contributed by atoms with E-state index in [-0.39, 0.29) is 0 Å². The molecule has 2 heterocycles. The summed E-state index contributed by atoms with van der Waals surface area (Å²) in [5.74, 6) is 0.917. The van der Waals surface area contributed by atoms with E-state index < -0.39 is 0 Å². The van der Waals surface area contributed by atoms with E-state index in [0.29, 0.717) is 11.5 Å². The van der Waals surface area contributed by atoms with Crippen LogP contribution in [0.25, 0.3) is 10.9 Å². The number of methoxy groups -OCH3 is 1. The van der Waals surface area contributed by atoms with E-state index in [2.05, 4.69) is 33.8 Å². The highest BCUT2D eigenvalue weighted by Crippen LogP contribution is 2.43. The van der Waals surface area contributed by atoms with Crippen LogP contribution in [0.4, 0.5) is 0 Å². The van der Waals surface area contributed by atoms with Gasteiger partial charge in [0.15, 0.2) is 0 Å². The Balaban J connectivity index is 1.32. The number of H-pyrrole nitrogens is 1. The van der Waals surface area contributed by atoms with Crippen molar-refractivity contribution in [2.75, 3.05) is 20.2 Å². The average Bonchev–Trinajstić information content (AvgIpc) is 3.04. The number of ether oxygens (including phenoxy) is 1. The number of rotatable bonds is 4. The molecule has 4 nitrogen and oxygen atoms in total. The molecule has 130 valence electrons. The maximum atomic E-state index is 5.31. The van der Waals surface area contributed by atoms with Crippen LogP contribution in [0.3, 0.4) is 0 Å². The highest BCUT2D eigenvalue weighted by molar-refractivity contribution is 5.81. The molecule has 3 N–H and O–H groups in total. The third-order valence-electron chi connectivity index (χ3n) is 6.18. The van der Waals surface area contributed by atoms with Crippen molar-refractivity contribution in [3.8, 4) is 5.75 Å². The summed E-state index contributed by atoms with van der Waals surface area (Å²) in [6.07, 6.45) is 8.21. The van der Waals surface area contributed by atoms with E-state index >= 15 is 0 Å². The van der Waals surface area contributed by atoms with Crippen molar-refractivity contribution in [3.63, 3.8) is 0 Å². The highest BCUT2D eigenvalue weighted by Gasteiger charge is 2.35. The summed E-state index contributed by atoms with van der Waals surface area (Å²) in [6, 6.07) is 9.11. The maximum absolute atomic E-state index is 5.31. The fourth-order valence-corrected chi connectivity index (χ4v) is 4.54. The third kappa shape index (κ3) is 3.31. The molecule has 1 aromatic heterocycles. The third-order valence-corrected chi connectivity index (χ3v) is 6.18. The van der Waals surface area contributed by atoms with Crippen molar-refractivity contribution >= 4 is 10.9 Å². The number of benzene rings is 1. The molecule has 1 aliphatic carbocycles. The molecular weight excluding hydrogens is 298 g/mol. The van der Waals surface area contributed by atoms with Gasteiger partial charge >= 0.3 is 0 Å². The average molecular weight is 327 g/mol. The highest BCUT2D eigenvalue weighted by atomic mass is 16.5. The van der Waals surface area contributed by atoms with E-state index in [1.165, 1.54) is 68.2 Å². The first-order valence-electron chi connectivity index (χ1n) is 9.36. The van der Waals surface area contributed by atoms with Crippen molar-refractivity contribution in [2.45, 2.75) is 51.1 Å². The Hall–Kier alpha value is -1.52. The first kappa shape index (κ1) is 16.0. The fraction of sp³-hybridized carbons (Fsp3) is 0.600. The van der Waals surface area contributed by atoms with Crippen LogP contribution in [0.2, 0.25) is 0 Å². The van der Waals surface area contributed by atoms with Crippen LogP contribution in [0.1, 0.15) is 44.2 Å². The van der Waals surface area contributed by atoms with Crippen molar-refractivity contribution in [3.05, 3.63) is 30.0 Å². The lowest BCUT2D eigenvalue weighted by atomic mass is 9.67. The molecule has 1 saturated carbocycles. The predicted molar refractivity (Wildman–Crippen MR) is 98.5 cm³/mol. The first-order valence-corrected chi connectivity index (χ1v) is 9.36. The van der Waals surface area contributed by atoms with Gasteiger partial charge in [0.2, 0.25) is 0 Å². The molecule has 2 aliphatic rings. The molecule has 0 unspecified atom stereocenters. The SMILES string of the molecule is COc1ccc2[nH]c(CNC3CCC4(CCNCC4)CC3)cc2c1. The summed E-state index contributed by atoms with van der Waals surface area (Å²) in [6.45, 7) is 3.36. The zero-order chi connectivity index (χ0) is 16.4. The van der Waals surface area contributed by atoms with Gasteiger partial charge in [0.25, 0.3) is 0 Å². The standard InChI is InChI=1S/C20H29N3O/c1-24-18-2-3-19-15(13-18)12-17(23-19)14-22-16-4-6-20(7-5-16)8-10-21-11-9-20/h2-3,12-13,16,21-23H,4-11,14H2,1H3. The van der Waals surface area contributed by atoms with E-state index in [4.69, 9.17) is 4.74 Å². The second kappa shape index (κ2) is 6.77. The van der Waals surface area contributed by atoms with Crippen molar-refractivity contribution < 1.29 is 4.74 Å². The number of aromatic amines is 1. The van der Waals surface area contributed by atoms with Gasteiger partial charge in [-0.25, -0.2) is 0 Å². The van der Waals surface area contributed by atoms with Crippen molar-refractivity contribution in [1.29, 1.82) is 0 Å². The van der Waals surface area contributed by atoms with Gasteiger partial charge in [-0.3, -0.25) is 0 Å². The minimum Gasteiger partial charge on any atom is -0.497 e. The summed E-state index contributed by atoms with van der Waals surface area (Å²) in [4.78, 5) is 3.52. The van der Waals surface area contributed by atoms with Crippen molar-refractivity contribution in [1.82, 2.24) is 15.6 Å². The van der Waals surface area contributed by atoms with Gasteiger partial charge in [-0.15, -0.1) is 0 Å². The lowest BCUT2D eigenvalue weighted by molar-refractivity contribution is 0.115. The van der Waals surface area contributed by atoms with Gasteiger partial charge < -0.3 is 20.4 Å². The fourth-order valence-electron chi connectivity index (χ4n) is 4.54. The second-order valence-electron chi connectivity index (χ2n) is 7.65. The zero-order valence-electron chi connectivity index (χ0n) is 14.7. The minimum atomic E-state index is 0.654.